The summed E-state index contributed by atoms with van der Waals surface area (Å²) in [5.41, 5.74) is 2.76. The van der Waals surface area contributed by atoms with E-state index in [0.29, 0.717) is 17.9 Å². The fourth-order valence-electron chi connectivity index (χ4n) is 2.81. The maximum absolute atomic E-state index is 12.1. The van der Waals surface area contributed by atoms with Gasteiger partial charge in [-0.05, 0) is 52.9 Å². The van der Waals surface area contributed by atoms with Gasteiger partial charge in [0.1, 0.15) is 0 Å². The number of anilines is 2. The molecule has 26 heavy (non-hydrogen) atoms. The monoisotopic (exact) mass is 393 g/mol. The van der Waals surface area contributed by atoms with Gasteiger partial charge in [0, 0.05) is 18.8 Å². The third kappa shape index (κ3) is 4.23. The van der Waals surface area contributed by atoms with E-state index < -0.39 is 21.8 Å². The first-order chi connectivity index (χ1) is 12.3. The quantitative estimate of drug-likeness (QED) is 0.773. The van der Waals surface area contributed by atoms with Gasteiger partial charge in [-0.15, -0.1) is 0 Å². The van der Waals surface area contributed by atoms with Gasteiger partial charge in [0.2, 0.25) is 10.0 Å². The molecule has 2 aromatic rings. The zero-order chi connectivity index (χ0) is 18.7. The Kier molecular flexibility index (Phi) is 5.28. The van der Waals surface area contributed by atoms with E-state index in [-0.39, 0.29) is 6.54 Å². The van der Waals surface area contributed by atoms with Gasteiger partial charge in [0.25, 0.3) is 0 Å². The molecule has 1 aliphatic rings. The van der Waals surface area contributed by atoms with Crippen molar-refractivity contribution < 1.29 is 18.0 Å². The van der Waals surface area contributed by atoms with Crippen molar-refractivity contribution in [2.75, 3.05) is 22.4 Å². The summed E-state index contributed by atoms with van der Waals surface area (Å²) in [4.78, 5) is 24.0. The standard InChI is InChI=1S/C17H19N3O4S2/c1-26(23,24)20-7-2-3-13-4-5-14(9-15(13)20)19-17(22)16(21)18-10-12-6-8-25-11-12/h4-6,8-9,11H,2-3,7,10H2,1H3,(H,18,21)(H,19,22). The van der Waals surface area contributed by atoms with Crippen LogP contribution in [-0.4, -0.2) is 33.0 Å². The Balaban J connectivity index is 1.70. The lowest BCUT2D eigenvalue weighted by atomic mass is 10.0. The summed E-state index contributed by atoms with van der Waals surface area (Å²) in [6.07, 6.45) is 2.68. The fraction of sp³-hybridized carbons (Fsp3) is 0.294. The number of aryl methyl sites for hydroxylation is 1. The molecule has 1 aromatic heterocycles. The molecular formula is C17H19N3O4S2. The van der Waals surface area contributed by atoms with E-state index in [1.165, 1.54) is 15.6 Å². The largest absolute Gasteiger partial charge is 0.344 e. The maximum atomic E-state index is 12.1. The van der Waals surface area contributed by atoms with Crippen LogP contribution < -0.4 is 14.9 Å². The van der Waals surface area contributed by atoms with Crippen LogP contribution in [-0.2, 0) is 32.6 Å². The van der Waals surface area contributed by atoms with Gasteiger partial charge < -0.3 is 10.6 Å². The first kappa shape index (κ1) is 18.4. The summed E-state index contributed by atoms with van der Waals surface area (Å²) in [5, 5.41) is 8.86. The van der Waals surface area contributed by atoms with Gasteiger partial charge in [-0.25, -0.2) is 8.42 Å². The number of amides is 2. The van der Waals surface area contributed by atoms with E-state index in [4.69, 9.17) is 0 Å². The molecule has 138 valence electrons. The van der Waals surface area contributed by atoms with Crippen molar-refractivity contribution in [3.8, 4) is 0 Å². The van der Waals surface area contributed by atoms with Crippen molar-refractivity contribution in [2.45, 2.75) is 19.4 Å². The number of carbonyl (C=O) groups excluding carboxylic acids is 2. The van der Waals surface area contributed by atoms with Gasteiger partial charge in [-0.1, -0.05) is 6.07 Å². The third-order valence-corrected chi connectivity index (χ3v) is 5.97. The minimum atomic E-state index is -3.39. The Morgan fingerprint density at radius 2 is 2.04 bits per heavy atom. The van der Waals surface area contributed by atoms with E-state index in [9.17, 15) is 18.0 Å². The van der Waals surface area contributed by atoms with Crippen molar-refractivity contribution >= 4 is 44.5 Å². The molecule has 2 amide bonds. The summed E-state index contributed by atoms with van der Waals surface area (Å²) >= 11 is 1.51. The predicted molar refractivity (Wildman–Crippen MR) is 102 cm³/mol. The summed E-state index contributed by atoms with van der Waals surface area (Å²) < 4.78 is 25.3. The van der Waals surface area contributed by atoms with E-state index in [0.717, 1.165) is 30.2 Å². The Hall–Kier alpha value is -2.39. The van der Waals surface area contributed by atoms with Crippen LogP contribution in [0.4, 0.5) is 11.4 Å². The van der Waals surface area contributed by atoms with Crippen molar-refractivity contribution in [3.63, 3.8) is 0 Å². The zero-order valence-corrected chi connectivity index (χ0v) is 15.8. The minimum absolute atomic E-state index is 0.280. The number of sulfonamides is 1. The number of thiophene rings is 1. The Bertz CT molecular complexity index is 923. The molecule has 0 fully saturated rings. The van der Waals surface area contributed by atoms with Gasteiger partial charge in [-0.3, -0.25) is 13.9 Å². The Morgan fingerprint density at radius 1 is 1.23 bits per heavy atom. The zero-order valence-electron chi connectivity index (χ0n) is 14.2. The molecular weight excluding hydrogens is 374 g/mol. The average Bonchev–Trinajstić information content (AvgIpc) is 3.11. The summed E-state index contributed by atoms with van der Waals surface area (Å²) in [6.45, 7) is 0.687. The molecule has 7 nitrogen and oxygen atoms in total. The number of nitrogens with one attached hydrogen (secondary N) is 2. The fourth-order valence-corrected chi connectivity index (χ4v) is 4.46. The number of hydrogen-bond donors (Lipinski definition) is 2. The van der Waals surface area contributed by atoms with E-state index in [1.807, 2.05) is 16.8 Å². The van der Waals surface area contributed by atoms with Crippen molar-refractivity contribution in [3.05, 3.63) is 46.2 Å². The van der Waals surface area contributed by atoms with Crippen LogP contribution in [0.15, 0.2) is 35.0 Å². The van der Waals surface area contributed by atoms with Crippen LogP contribution >= 0.6 is 11.3 Å². The molecule has 0 bridgehead atoms. The van der Waals surface area contributed by atoms with Crippen LogP contribution in [0.3, 0.4) is 0 Å². The second kappa shape index (κ2) is 7.46. The molecule has 9 heteroatoms. The number of fused-ring (bicyclic) bond motifs is 1. The highest BCUT2D eigenvalue weighted by Gasteiger charge is 2.24. The van der Waals surface area contributed by atoms with Crippen molar-refractivity contribution in [1.29, 1.82) is 0 Å². The molecule has 1 aromatic carbocycles. The molecule has 0 spiro atoms. The van der Waals surface area contributed by atoms with Gasteiger partial charge in [0.15, 0.2) is 0 Å². The highest BCUT2D eigenvalue weighted by atomic mass is 32.2. The Labute approximate surface area is 156 Å². The summed E-state index contributed by atoms with van der Waals surface area (Å²) in [7, 11) is -3.39. The highest BCUT2D eigenvalue weighted by Crippen LogP contribution is 2.31. The normalized spacial score (nSPS) is 13.8. The van der Waals surface area contributed by atoms with Crippen LogP contribution in [0, 0.1) is 0 Å². The lowest BCUT2D eigenvalue weighted by Gasteiger charge is -2.29. The lowest BCUT2D eigenvalue weighted by molar-refractivity contribution is -0.136. The molecule has 0 radical (unpaired) electrons. The van der Waals surface area contributed by atoms with Crippen molar-refractivity contribution in [1.82, 2.24) is 5.32 Å². The maximum Gasteiger partial charge on any atom is 0.313 e. The van der Waals surface area contributed by atoms with E-state index >= 15 is 0 Å². The molecule has 0 atom stereocenters. The summed E-state index contributed by atoms with van der Waals surface area (Å²) in [6, 6.07) is 6.92. The van der Waals surface area contributed by atoms with Crippen LogP contribution in [0.1, 0.15) is 17.5 Å². The molecule has 1 aliphatic heterocycles. The topological polar surface area (TPSA) is 95.6 Å². The van der Waals surface area contributed by atoms with Gasteiger partial charge >= 0.3 is 11.8 Å². The average molecular weight is 393 g/mol. The van der Waals surface area contributed by atoms with E-state index in [2.05, 4.69) is 10.6 Å². The first-order valence-corrected chi connectivity index (χ1v) is 10.8. The van der Waals surface area contributed by atoms with Crippen LogP contribution in [0.2, 0.25) is 0 Å². The number of carbonyl (C=O) groups is 2. The predicted octanol–water partition coefficient (Wildman–Crippen LogP) is 1.72. The molecule has 0 unspecified atom stereocenters. The van der Waals surface area contributed by atoms with Gasteiger partial charge in [-0.2, -0.15) is 11.3 Å². The third-order valence-electron chi connectivity index (χ3n) is 4.06. The smallest absolute Gasteiger partial charge is 0.313 e. The second-order valence-electron chi connectivity index (χ2n) is 6.05. The van der Waals surface area contributed by atoms with Crippen LogP contribution in [0.25, 0.3) is 0 Å². The molecule has 0 saturated carbocycles. The highest BCUT2D eigenvalue weighted by molar-refractivity contribution is 7.92. The molecule has 2 heterocycles. The summed E-state index contributed by atoms with van der Waals surface area (Å²) in [5.74, 6) is -1.53. The number of nitrogens with zero attached hydrogens (tertiary/aromatic N) is 1. The first-order valence-electron chi connectivity index (χ1n) is 8.05. The molecule has 0 saturated heterocycles. The van der Waals surface area contributed by atoms with E-state index in [1.54, 1.807) is 18.2 Å². The molecule has 3 rings (SSSR count). The molecule has 2 N–H and O–H groups in total. The van der Waals surface area contributed by atoms with Gasteiger partial charge in [0.05, 0.1) is 11.9 Å². The minimum Gasteiger partial charge on any atom is -0.344 e. The van der Waals surface area contributed by atoms with Crippen LogP contribution in [0.5, 0.6) is 0 Å². The number of rotatable bonds is 4. The lowest BCUT2D eigenvalue weighted by Crippen LogP contribution is -2.36. The SMILES string of the molecule is CS(=O)(=O)N1CCCc2ccc(NC(=O)C(=O)NCc3ccsc3)cc21. The molecule has 0 aliphatic carbocycles. The second-order valence-corrected chi connectivity index (χ2v) is 8.74. The van der Waals surface area contributed by atoms with Crippen molar-refractivity contribution in [2.24, 2.45) is 0 Å². The number of benzene rings is 1. The Morgan fingerprint density at radius 3 is 2.73 bits per heavy atom. The number of hydrogen-bond acceptors (Lipinski definition) is 5.